The lowest BCUT2D eigenvalue weighted by Gasteiger charge is -2.20. The zero-order chi connectivity index (χ0) is 12.3. The van der Waals surface area contributed by atoms with Crippen LogP contribution in [0.2, 0.25) is 25.2 Å². The number of rotatable bonds is 4. The summed E-state index contributed by atoms with van der Waals surface area (Å²) >= 11 is 0. The van der Waals surface area contributed by atoms with Crippen LogP contribution in [0.3, 0.4) is 0 Å². The van der Waals surface area contributed by atoms with E-state index in [1.54, 1.807) is 0 Å². The Balaban J connectivity index is 2.24. The van der Waals surface area contributed by atoms with Gasteiger partial charge in [0.05, 0.1) is 0 Å². The van der Waals surface area contributed by atoms with E-state index in [0.29, 0.717) is 0 Å². The second-order valence-corrected chi connectivity index (χ2v) is 11.2. The van der Waals surface area contributed by atoms with Gasteiger partial charge < -0.3 is 0 Å². The molecule has 2 aromatic carbocycles. The minimum atomic E-state index is -0.947. The number of aryl methyl sites for hydroxylation is 1. The second-order valence-electron chi connectivity index (χ2n) is 5.66. The van der Waals surface area contributed by atoms with E-state index < -0.39 is 8.07 Å². The summed E-state index contributed by atoms with van der Waals surface area (Å²) in [5.74, 6) is 0. The van der Waals surface area contributed by atoms with Crippen LogP contribution in [-0.4, -0.2) is 8.07 Å². The van der Waals surface area contributed by atoms with Gasteiger partial charge in [-0.2, -0.15) is 0 Å². The van der Waals surface area contributed by atoms with E-state index in [2.05, 4.69) is 62.5 Å². The predicted molar refractivity (Wildman–Crippen MR) is 80.4 cm³/mol. The normalized spacial score (nSPS) is 11.9. The summed E-state index contributed by atoms with van der Waals surface area (Å²) < 4.78 is 0. The molecule has 0 spiro atoms. The van der Waals surface area contributed by atoms with Gasteiger partial charge in [-0.3, -0.25) is 0 Å². The molecule has 0 bridgehead atoms. The highest BCUT2D eigenvalue weighted by molar-refractivity contribution is 6.77. The Morgan fingerprint density at radius 3 is 2.41 bits per heavy atom. The first kappa shape index (κ1) is 12.4. The van der Waals surface area contributed by atoms with Crippen LogP contribution in [0.1, 0.15) is 12.5 Å². The van der Waals surface area contributed by atoms with E-state index in [9.17, 15) is 0 Å². The van der Waals surface area contributed by atoms with E-state index in [1.165, 1.54) is 34.8 Å². The van der Waals surface area contributed by atoms with E-state index in [4.69, 9.17) is 0 Å². The van der Waals surface area contributed by atoms with Crippen molar-refractivity contribution in [3.63, 3.8) is 0 Å². The lowest BCUT2D eigenvalue weighted by molar-refractivity contribution is 1.09. The molecule has 0 atom stereocenters. The van der Waals surface area contributed by atoms with E-state index in [1.807, 2.05) is 0 Å². The van der Waals surface area contributed by atoms with Gasteiger partial charge in [0, 0.05) is 8.07 Å². The van der Waals surface area contributed by atoms with Gasteiger partial charge in [0.2, 0.25) is 0 Å². The van der Waals surface area contributed by atoms with Crippen molar-refractivity contribution in [2.75, 3.05) is 0 Å². The molecule has 17 heavy (non-hydrogen) atoms. The van der Waals surface area contributed by atoms with Gasteiger partial charge in [0.1, 0.15) is 0 Å². The monoisotopic (exact) mass is 242 g/mol. The summed E-state index contributed by atoms with van der Waals surface area (Å²) in [7, 11) is -0.947. The smallest absolute Gasteiger partial charge is 0.0474 e. The molecule has 0 aliphatic heterocycles. The average molecular weight is 242 g/mol. The van der Waals surface area contributed by atoms with Crippen LogP contribution in [0.4, 0.5) is 0 Å². The summed E-state index contributed by atoms with van der Waals surface area (Å²) in [5, 5.41) is 2.82. The van der Waals surface area contributed by atoms with Crippen LogP contribution in [-0.2, 0) is 6.42 Å². The summed E-state index contributed by atoms with van der Waals surface area (Å²) in [6, 6.07) is 18.2. The number of hydrogen-bond acceptors (Lipinski definition) is 0. The molecular weight excluding hydrogens is 220 g/mol. The van der Waals surface area contributed by atoms with Crippen LogP contribution >= 0.6 is 0 Å². The van der Waals surface area contributed by atoms with Crippen molar-refractivity contribution in [1.29, 1.82) is 0 Å². The molecule has 2 rings (SSSR count). The molecule has 0 radical (unpaired) electrons. The minimum absolute atomic E-state index is 0.947. The van der Waals surface area contributed by atoms with Crippen LogP contribution in [0.25, 0.3) is 10.8 Å². The molecule has 0 saturated carbocycles. The lowest BCUT2D eigenvalue weighted by atomic mass is 10.0. The van der Waals surface area contributed by atoms with E-state index in [0.717, 1.165) is 0 Å². The van der Waals surface area contributed by atoms with Crippen molar-refractivity contribution in [3.8, 4) is 0 Å². The van der Waals surface area contributed by atoms with Crippen molar-refractivity contribution in [2.24, 2.45) is 0 Å². The van der Waals surface area contributed by atoms with Crippen LogP contribution in [0, 0.1) is 0 Å². The fraction of sp³-hybridized carbons (Fsp3) is 0.375. The summed E-state index contributed by atoms with van der Waals surface area (Å²) in [6.45, 7) is 7.34. The van der Waals surface area contributed by atoms with Crippen LogP contribution in [0.15, 0.2) is 42.5 Å². The Morgan fingerprint density at radius 2 is 1.65 bits per heavy atom. The first-order valence-corrected chi connectivity index (χ1v) is 10.0. The summed E-state index contributed by atoms with van der Waals surface area (Å²) in [5.41, 5.74) is 1.53. The largest absolute Gasteiger partial charge is 0.0693 e. The molecule has 0 saturated heterocycles. The van der Waals surface area contributed by atoms with E-state index >= 15 is 0 Å². The molecule has 0 aliphatic rings. The Bertz CT molecular complexity index is 494. The molecule has 90 valence electrons. The maximum atomic E-state index is 2.50. The Morgan fingerprint density at radius 1 is 0.941 bits per heavy atom. The molecule has 0 unspecified atom stereocenters. The Kier molecular flexibility index (Phi) is 3.68. The highest BCUT2D eigenvalue weighted by atomic mass is 28.3. The van der Waals surface area contributed by atoms with Gasteiger partial charge >= 0.3 is 0 Å². The molecule has 0 amide bonds. The Hall–Kier alpha value is -1.08. The molecular formula is C16H22Si. The van der Waals surface area contributed by atoms with Crippen LogP contribution < -0.4 is 0 Å². The molecule has 2 aromatic rings. The minimum Gasteiger partial charge on any atom is -0.0693 e. The van der Waals surface area contributed by atoms with Gasteiger partial charge in [-0.1, -0.05) is 74.6 Å². The topological polar surface area (TPSA) is 0 Å². The molecule has 1 heteroatoms. The number of hydrogen-bond donors (Lipinski definition) is 0. The predicted octanol–water partition coefficient (Wildman–Crippen LogP) is 5.11. The third-order valence-electron chi connectivity index (χ3n) is 3.91. The standard InChI is InChI=1S/C16H22Si/c1-4-17(2,3)13-12-15-10-7-9-14-8-5-6-11-16(14)15/h5-11H,4,12-13H2,1-3H3. The van der Waals surface area contributed by atoms with Crippen molar-refractivity contribution in [2.45, 2.75) is 38.5 Å². The number of benzene rings is 2. The highest BCUT2D eigenvalue weighted by Crippen LogP contribution is 2.23. The van der Waals surface area contributed by atoms with E-state index in [-0.39, 0.29) is 0 Å². The second kappa shape index (κ2) is 5.05. The van der Waals surface area contributed by atoms with Crippen molar-refractivity contribution < 1.29 is 0 Å². The zero-order valence-corrected chi connectivity index (χ0v) is 12.2. The van der Waals surface area contributed by atoms with Crippen LogP contribution in [0.5, 0.6) is 0 Å². The molecule has 0 aromatic heterocycles. The summed E-state index contributed by atoms with van der Waals surface area (Å²) in [4.78, 5) is 0. The molecule has 0 heterocycles. The fourth-order valence-corrected chi connectivity index (χ4v) is 3.46. The van der Waals surface area contributed by atoms with Crippen molar-refractivity contribution in [1.82, 2.24) is 0 Å². The Labute approximate surface area is 106 Å². The quantitative estimate of drug-likeness (QED) is 0.653. The highest BCUT2D eigenvalue weighted by Gasteiger charge is 2.17. The zero-order valence-electron chi connectivity index (χ0n) is 11.2. The summed E-state index contributed by atoms with van der Waals surface area (Å²) in [6.07, 6.45) is 1.24. The van der Waals surface area contributed by atoms with Gasteiger partial charge in [-0.15, -0.1) is 0 Å². The first-order valence-electron chi connectivity index (χ1n) is 6.59. The SMILES string of the molecule is CC[Si](C)(C)CCc1cccc2ccccc12. The van der Waals surface area contributed by atoms with Gasteiger partial charge in [-0.05, 0) is 22.8 Å². The van der Waals surface area contributed by atoms with Crippen molar-refractivity contribution >= 4 is 18.8 Å². The molecule has 0 fully saturated rings. The number of fused-ring (bicyclic) bond motifs is 1. The lowest BCUT2D eigenvalue weighted by Crippen LogP contribution is -2.24. The average Bonchev–Trinajstić information content (AvgIpc) is 2.36. The van der Waals surface area contributed by atoms with Gasteiger partial charge in [-0.25, -0.2) is 0 Å². The molecule has 0 N–H and O–H groups in total. The maximum Gasteiger partial charge on any atom is 0.0474 e. The third-order valence-corrected chi connectivity index (χ3v) is 7.43. The molecule has 0 aliphatic carbocycles. The fourth-order valence-electron chi connectivity index (χ4n) is 2.16. The van der Waals surface area contributed by atoms with Gasteiger partial charge in [0.25, 0.3) is 0 Å². The van der Waals surface area contributed by atoms with Crippen molar-refractivity contribution in [3.05, 3.63) is 48.0 Å². The third kappa shape index (κ3) is 2.98. The maximum absolute atomic E-state index is 2.50. The van der Waals surface area contributed by atoms with Gasteiger partial charge in [0.15, 0.2) is 0 Å². The first-order chi connectivity index (χ1) is 8.12. The molecule has 0 nitrogen and oxygen atoms in total.